The fraction of sp³-hybridized carbons (Fsp3) is 0.733. The lowest BCUT2D eigenvalue weighted by atomic mass is 9.94. The molecule has 1 aromatic rings. The van der Waals surface area contributed by atoms with Crippen LogP contribution in [0.2, 0.25) is 0 Å². The first-order valence-corrected chi connectivity index (χ1v) is 7.28. The summed E-state index contributed by atoms with van der Waals surface area (Å²) in [5.74, 6) is 0.816. The molecule has 18 heavy (non-hydrogen) atoms. The molecule has 0 spiro atoms. The summed E-state index contributed by atoms with van der Waals surface area (Å²) in [5, 5.41) is 10.00. The van der Waals surface area contributed by atoms with Crippen LogP contribution in [0.5, 0.6) is 0 Å². The average molecular weight is 248 g/mol. The normalized spacial score (nSPS) is 26.2. The van der Waals surface area contributed by atoms with E-state index in [1.54, 1.807) is 0 Å². The van der Waals surface area contributed by atoms with E-state index in [2.05, 4.69) is 28.8 Å². The molecule has 2 aliphatic rings. The van der Waals surface area contributed by atoms with Gasteiger partial charge in [0.25, 0.3) is 0 Å². The zero-order valence-electron chi connectivity index (χ0n) is 11.3. The Morgan fingerprint density at radius 2 is 2.06 bits per heavy atom. The van der Waals surface area contributed by atoms with Gasteiger partial charge in [-0.2, -0.15) is 0 Å². The van der Waals surface area contributed by atoms with Crippen LogP contribution in [-0.2, 0) is 13.0 Å². The molecule has 0 aromatic carbocycles. The zero-order valence-corrected chi connectivity index (χ0v) is 11.3. The Kier molecular flexibility index (Phi) is 3.44. The van der Waals surface area contributed by atoms with E-state index in [0.29, 0.717) is 0 Å². The maximum Gasteiger partial charge on any atom is 0.0807 e. The summed E-state index contributed by atoms with van der Waals surface area (Å²) in [6.07, 6.45) is 7.81. The van der Waals surface area contributed by atoms with E-state index in [1.807, 2.05) is 0 Å². The quantitative estimate of drug-likeness (QED) is 0.869. The first-order valence-electron chi connectivity index (χ1n) is 7.28. The molecule has 1 fully saturated rings. The van der Waals surface area contributed by atoms with Gasteiger partial charge in [0.2, 0.25) is 0 Å². The van der Waals surface area contributed by atoms with Gasteiger partial charge in [-0.3, -0.25) is 0 Å². The molecule has 0 radical (unpaired) electrons. The molecule has 1 saturated heterocycles. The smallest absolute Gasteiger partial charge is 0.0807 e. The second-order valence-corrected chi connectivity index (χ2v) is 6.02. The van der Waals surface area contributed by atoms with Crippen molar-refractivity contribution in [3.63, 3.8) is 0 Å². The van der Waals surface area contributed by atoms with Crippen LogP contribution in [0.1, 0.15) is 43.0 Å². The van der Waals surface area contributed by atoms with Crippen molar-refractivity contribution in [3.8, 4) is 0 Å². The minimum absolute atomic E-state index is 0.215. The maximum atomic E-state index is 10.00. The van der Waals surface area contributed by atoms with Crippen molar-refractivity contribution in [1.29, 1.82) is 0 Å². The third kappa shape index (κ3) is 2.34. The summed E-state index contributed by atoms with van der Waals surface area (Å²) in [5.41, 5.74) is 2.59. The van der Waals surface area contributed by atoms with Crippen LogP contribution in [0.3, 0.4) is 0 Å². The van der Waals surface area contributed by atoms with E-state index in [-0.39, 0.29) is 6.10 Å². The van der Waals surface area contributed by atoms with Gasteiger partial charge in [0.15, 0.2) is 0 Å². The lowest BCUT2D eigenvalue weighted by Crippen LogP contribution is -2.32. The average Bonchev–Trinajstić information content (AvgIpc) is 2.77. The fourth-order valence-electron chi connectivity index (χ4n) is 3.43. The van der Waals surface area contributed by atoms with Gasteiger partial charge in [0.05, 0.1) is 6.10 Å². The summed E-state index contributed by atoms with van der Waals surface area (Å²) < 4.78 is 2.41. The number of fused-ring (bicyclic) bond motifs is 1. The molecule has 3 rings (SSSR count). The minimum Gasteiger partial charge on any atom is -0.388 e. The van der Waals surface area contributed by atoms with E-state index < -0.39 is 0 Å². The van der Waals surface area contributed by atoms with Gasteiger partial charge in [-0.25, -0.2) is 0 Å². The van der Waals surface area contributed by atoms with Gasteiger partial charge in [0.1, 0.15) is 0 Å². The predicted octanol–water partition coefficient (Wildman–Crippen LogP) is 2.20. The summed E-state index contributed by atoms with van der Waals surface area (Å²) in [4.78, 5) is 2.42. The first-order chi connectivity index (χ1) is 8.74. The van der Waals surface area contributed by atoms with Crippen molar-refractivity contribution in [1.82, 2.24) is 9.47 Å². The molecule has 3 nitrogen and oxygen atoms in total. The lowest BCUT2D eigenvalue weighted by molar-refractivity contribution is 0.154. The van der Waals surface area contributed by atoms with Crippen LogP contribution >= 0.6 is 0 Å². The molecule has 1 atom stereocenters. The molecule has 1 aliphatic heterocycles. The third-order valence-electron chi connectivity index (χ3n) is 4.66. The van der Waals surface area contributed by atoms with Gasteiger partial charge in [-0.05, 0) is 64.2 Å². The Balaban J connectivity index is 1.70. The minimum atomic E-state index is -0.215. The topological polar surface area (TPSA) is 28.4 Å². The van der Waals surface area contributed by atoms with Crippen molar-refractivity contribution in [2.75, 3.05) is 20.1 Å². The van der Waals surface area contributed by atoms with Crippen LogP contribution in [0.4, 0.5) is 0 Å². The highest BCUT2D eigenvalue weighted by Crippen LogP contribution is 2.31. The number of hydrogen-bond donors (Lipinski definition) is 1. The fourth-order valence-corrected chi connectivity index (χ4v) is 3.43. The van der Waals surface area contributed by atoms with E-state index >= 15 is 0 Å². The van der Waals surface area contributed by atoms with Crippen LogP contribution in [0.25, 0.3) is 0 Å². The molecular weight excluding hydrogens is 224 g/mol. The molecule has 3 heteroatoms. The Morgan fingerprint density at radius 1 is 1.28 bits per heavy atom. The number of nitrogens with zero attached hydrogens (tertiary/aromatic N) is 2. The molecule has 100 valence electrons. The summed E-state index contributed by atoms with van der Waals surface area (Å²) in [6.45, 7) is 3.61. The Bertz CT molecular complexity index is 405. The highest BCUT2D eigenvalue weighted by atomic mass is 16.3. The van der Waals surface area contributed by atoms with Gasteiger partial charge in [0, 0.05) is 24.0 Å². The zero-order chi connectivity index (χ0) is 12.5. The van der Waals surface area contributed by atoms with Crippen molar-refractivity contribution in [2.24, 2.45) is 5.92 Å². The number of piperidine rings is 1. The first kappa shape index (κ1) is 12.2. The van der Waals surface area contributed by atoms with Crippen LogP contribution in [0.15, 0.2) is 12.3 Å². The number of hydrogen-bond acceptors (Lipinski definition) is 2. The summed E-state index contributed by atoms with van der Waals surface area (Å²) in [7, 11) is 2.21. The number of rotatable bonds is 2. The van der Waals surface area contributed by atoms with Gasteiger partial charge < -0.3 is 14.6 Å². The van der Waals surface area contributed by atoms with Crippen molar-refractivity contribution in [3.05, 3.63) is 23.5 Å². The van der Waals surface area contributed by atoms with Crippen molar-refractivity contribution in [2.45, 2.75) is 44.8 Å². The van der Waals surface area contributed by atoms with E-state index in [9.17, 15) is 5.11 Å². The Morgan fingerprint density at radius 3 is 2.83 bits per heavy atom. The molecule has 1 aliphatic carbocycles. The Hall–Kier alpha value is -0.800. The summed E-state index contributed by atoms with van der Waals surface area (Å²) in [6, 6.07) is 2.13. The molecule has 0 saturated carbocycles. The van der Waals surface area contributed by atoms with Crippen molar-refractivity contribution < 1.29 is 5.11 Å². The van der Waals surface area contributed by atoms with Crippen LogP contribution in [0, 0.1) is 5.92 Å². The molecule has 0 amide bonds. The molecule has 2 heterocycles. The molecular formula is C15H24N2O. The molecule has 1 unspecified atom stereocenters. The van der Waals surface area contributed by atoms with Gasteiger partial charge >= 0.3 is 0 Å². The maximum absolute atomic E-state index is 10.00. The summed E-state index contributed by atoms with van der Waals surface area (Å²) >= 11 is 0. The van der Waals surface area contributed by atoms with Gasteiger partial charge in [-0.15, -0.1) is 0 Å². The lowest BCUT2D eigenvalue weighted by Gasteiger charge is -2.30. The second-order valence-electron chi connectivity index (χ2n) is 6.02. The van der Waals surface area contributed by atoms with Crippen molar-refractivity contribution >= 4 is 0 Å². The number of likely N-dealkylation sites (tertiary alicyclic amines) is 1. The molecule has 1 N–H and O–H groups in total. The molecule has 1 aromatic heterocycles. The third-order valence-corrected chi connectivity index (χ3v) is 4.66. The largest absolute Gasteiger partial charge is 0.388 e. The Labute approximate surface area is 109 Å². The number of aliphatic hydroxyl groups is 1. The van der Waals surface area contributed by atoms with Gasteiger partial charge in [-0.1, -0.05) is 0 Å². The second kappa shape index (κ2) is 5.06. The van der Waals surface area contributed by atoms with E-state index in [1.165, 1.54) is 37.2 Å². The number of aromatic nitrogens is 1. The van der Waals surface area contributed by atoms with E-state index in [0.717, 1.165) is 31.7 Å². The van der Waals surface area contributed by atoms with Crippen LogP contribution < -0.4 is 0 Å². The standard InChI is InChI=1S/C15H24N2O/c1-16-8-5-12(6-9-16)11-17-10-7-13-14(17)3-2-4-15(13)18/h7,10,12,15,18H,2-6,8-9,11H2,1H3. The monoisotopic (exact) mass is 248 g/mol. The van der Waals surface area contributed by atoms with Crippen LogP contribution in [-0.4, -0.2) is 34.7 Å². The highest BCUT2D eigenvalue weighted by Gasteiger charge is 2.23. The van der Waals surface area contributed by atoms with E-state index in [4.69, 9.17) is 0 Å². The predicted molar refractivity (Wildman–Crippen MR) is 72.6 cm³/mol. The number of aliphatic hydroxyl groups excluding tert-OH is 1. The molecule has 0 bridgehead atoms. The highest BCUT2D eigenvalue weighted by molar-refractivity contribution is 5.27. The SMILES string of the molecule is CN1CCC(Cn2ccc3c2CCCC3O)CC1.